The number of nitrogens with zero attached hydrogens (tertiary/aromatic N) is 1. The van der Waals surface area contributed by atoms with Crippen molar-refractivity contribution in [3.8, 4) is 0 Å². The average Bonchev–Trinajstić information content (AvgIpc) is 3.08. The van der Waals surface area contributed by atoms with Crippen LogP contribution in [0.3, 0.4) is 0 Å². The van der Waals surface area contributed by atoms with Crippen molar-refractivity contribution in [3.05, 3.63) is 48.4 Å². The smallest absolute Gasteiger partial charge is 0.321 e. The molecule has 0 saturated carbocycles. The largest absolute Gasteiger partial charge is 0.467 e. The number of rotatable bonds is 4. The van der Waals surface area contributed by atoms with Crippen LogP contribution in [0.5, 0.6) is 0 Å². The molecule has 2 aromatic rings. The van der Waals surface area contributed by atoms with Crippen molar-refractivity contribution in [3.63, 3.8) is 0 Å². The SMILES string of the molecule is O=C1NCCN1c1cccc(NCc2ccco2)c1. The van der Waals surface area contributed by atoms with E-state index in [4.69, 9.17) is 4.42 Å². The van der Waals surface area contributed by atoms with E-state index in [1.807, 2.05) is 36.4 Å². The minimum absolute atomic E-state index is 0.0387. The number of anilines is 2. The maximum absolute atomic E-state index is 11.6. The molecule has 0 atom stereocenters. The molecule has 3 rings (SSSR count). The van der Waals surface area contributed by atoms with Gasteiger partial charge < -0.3 is 15.1 Å². The first-order chi connectivity index (χ1) is 9.33. The Morgan fingerprint density at radius 3 is 3.00 bits per heavy atom. The van der Waals surface area contributed by atoms with E-state index in [1.165, 1.54) is 0 Å². The summed E-state index contributed by atoms with van der Waals surface area (Å²) in [5.41, 5.74) is 1.87. The van der Waals surface area contributed by atoms with E-state index < -0.39 is 0 Å². The third kappa shape index (κ3) is 2.54. The van der Waals surface area contributed by atoms with E-state index in [0.29, 0.717) is 19.6 Å². The van der Waals surface area contributed by atoms with Crippen molar-refractivity contribution in [2.45, 2.75) is 6.54 Å². The number of hydrogen-bond donors (Lipinski definition) is 2. The molecule has 5 heteroatoms. The van der Waals surface area contributed by atoms with Crippen molar-refractivity contribution < 1.29 is 9.21 Å². The number of hydrogen-bond acceptors (Lipinski definition) is 3. The summed E-state index contributed by atoms with van der Waals surface area (Å²) in [6, 6.07) is 11.6. The van der Waals surface area contributed by atoms with Gasteiger partial charge >= 0.3 is 6.03 Å². The van der Waals surface area contributed by atoms with Crippen LogP contribution >= 0.6 is 0 Å². The third-order valence-corrected chi connectivity index (χ3v) is 3.06. The first-order valence-corrected chi connectivity index (χ1v) is 6.24. The molecule has 19 heavy (non-hydrogen) atoms. The predicted molar refractivity (Wildman–Crippen MR) is 73.2 cm³/mol. The normalized spacial score (nSPS) is 14.5. The summed E-state index contributed by atoms with van der Waals surface area (Å²) >= 11 is 0. The van der Waals surface area contributed by atoms with E-state index in [9.17, 15) is 4.79 Å². The number of furan rings is 1. The Morgan fingerprint density at radius 2 is 2.26 bits per heavy atom. The van der Waals surface area contributed by atoms with Gasteiger partial charge in [-0.15, -0.1) is 0 Å². The molecule has 1 saturated heterocycles. The Kier molecular flexibility index (Phi) is 3.10. The van der Waals surface area contributed by atoms with Crippen LogP contribution in [0.4, 0.5) is 16.2 Å². The second-order valence-electron chi connectivity index (χ2n) is 4.37. The van der Waals surface area contributed by atoms with E-state index in [0.717, 1.165) is 17.1 Å². The molecule has 1 aromatic heterocycles. The van der Waals surface area contributed by atoms with Gasteiger partial charge in [-0.3, -0.25) is 4.90 Å². The molecular weight excluding hydrogens is 242 g/mol. The quantitative estimate of drug-likeness (QED) is 0.884. The molecule has 1 aliphatic heterocycles. The van der Waals surface area contributed by atoms with Gasteiger partial charge in [0.15, 0.2) is 0 Å². The molecule has 0 unspecified atom stereocenters. The van der Waals surface area contributed by atoms with Gasteiger partial charge in [-0.25, -0.2) is 4.79 Å². The van der Waals surface area contributed by atoms with Crippen molar-refractivity contribution >= 4 is 17.4 Å². The lowest BCUT2D eigenvalue weighted by molar-refractivity contribution is 0.252. The zero-order valence-electron chi connectivity index (χ0n) is 10.4. The molecule has 0 radical (unpaired) electrons. The maximum Gasteiger partial charge on any atom is 0.321 e. The predicted octanol–water partition coefficient (Wildman–Crippen LogP) is 2.42. The van der Waals surface area contributed by atoms with Crippen LogP contribution in [0, 0.1) is 0 Å². The molecule has 0 spiro atoms. The summed E-state index contributed by atoms with van der Waals surface area (Å²) in [5.74, 6) is 0.879. The summed E-state index contributed by atoms with van der Waals surface area (Å²) in [7, 11) is 0. The van der Waals surface area contributed by atoms with Gasteiger partial charge in [0.25, 0.3) is 0 Å². The maximum atomic E-state index is 11.6. The van der Waals surface area contributed by atoms with E-state index >= 15 is 0 Å². The zero-order valence-corrected chi connectivity index (χ0v) is 10.4. The fourth-order valence-corrected chi connectivity index (χ4v) is 2.10. The van der Waals surface area contributed by atoms with Crippen molar-refractivity contribution in [2.75, 3.05) is 23.3 Å². The number of nitrogens with one attached hydrogen (secondary N) is 2. The number of benzene rings is 1. The van der Waals surface area contributed by atoms with Crippen LogP contribution in [-0.4, -0.2) is 19.1 Å². The molecule has 98 valence electrons. The van der Waals surface area contributed by atoms with Gasteiger partial charge in [0, 0.05) is 24.5 Å². The molecule has 5 nitrogen and oxygen atoms in total. The average molecular weight is 257 g/mol. The Hall–Kier alpha value is -2.43. The van der Waals surface area contributed by atoms with Crippen molar-refractivity contribution in [2.24, 2.45) is 0 Å². The van der Waals surface area contributed by atoms with Crippen LogP contribution < -0.4 is 15.5 Å². The highest BCUT2D eigenvalue weighted by atomic mass is 16.3. The first kappa shape index (κ1) is 11.6. The molecule has 2 heterocycles. The highest BCUT2D eigenvalue weighted by Gasteiger charge is 2.20. The zero-order chi connectivity index (χ0) is 13.1. The van der Waals surface area contributed by atoms with Gasteiger partial charge in [-0.1, -0.05) is 6.07 Å². The van der Waals surface area contributed by atoms with Crippen LogP contribution in [-0.2, 0) is 6.54 Å². The summed E-state index contributed by atoms with van der Waals surface area (Å²) in [4.78, 5) is 13.3. The van der Waals surface area contributed by atoms with Crippen molar-refractivity contribution in [1.82, 2.24) is 5.32 Å². The molecule has 0 bridgehead atoms. The second kappa shape index (κ2) is 5.06. The van der Waals surface area contributed by atoms with Gasteiger partial charge in [0.05, 0.1) is 12.8 Å². The van der Waals surface area contributed by atoms with Gasteiger partial charge in [-0.05, 0) is 30.3 Å². The topological polar surface area (TPSA) is 57.5 Å². The first-order valence-electron chi connectivity index (χ1n) is 6.24. The van der Waals surface area contributed by atoms with E-state index in [2.05, 4.69) is 10.6 Å². The van der Waals surface area contributed by atoms with Crippen LogP contribution in [0.25, 0.3) is 0 Å². The molecule has 1 aromatic carbocycles. The molecule has 2 N–H and O–H groups in total. The lowest BCUT2D eigenvalue weighted by Gasteiger charge is -2.15. The highest BCUT2D eigenvalue weighted by molar-refractivity contribution is 5.94. The lowest BCUT2D eigenvalue weighted by Crippen LogP contribution is -2.27. The van der Waals surface area contributed by atoms with Crippen LogP contribution in [0.1, 0.15) is 5.76 Å². The Morgan fingerprint density at radius 1 is 1.32 bits per heavy atom. The van der Waals surface area contributed by atoms with Crippen molar-refractivity contribution in [1.29, 1.82) is 0 Å². The Balaban J connectivity index is 1.71. The minimum atomic E-state index is -0.0387. The Labute approximate surface area is 111 Å². The molecule has 0 aliphatic carbocycles. The fraction of sp³-hybridized carbons (Fsp3) is 0.214. The van der Waals surface area contributed by atoms with Crippen LogP contribution in [0.2, 0.25) is 0 Å². The highest BCUT2D eigenvalue weighted by Crippen LogP contribution is 2.21. The number of carbonyl (C=O) groups excluding carboxylic acids is 1. The summed E-state index contributed by atoms with van der Waals surface area (Å²) in [5, 5.41) is 6.07. The number of carbonyl (C=O) groups is 1. The van der Waals surface area contributed by atoms with E-state index in [1.54, 1.807) is 11.2 Å². The summed E-state index contributed by atoms with van der Waals surface area (Å²) in [6.45, 7) is 2.03. The standard InChI is InChI=1S/C14H15N3O2/c18-14-15-6-7-17(14)12-4-1-3-11(9-12)16-10-13-5-2-8-19-13/h1-5,8-9,16H,6-7,10H2,(H,15,18). The molecule has 1 fully saturated rings. The number of amides is 2. The Bertz CT molecular complexity index is 566. The lowest BCUT2D eigenvalue weighted by atomic mass is 10.2. The molecule has 1 aliphatic rings. The van der Waals surface area contributed by atoms with Gasteiger partial charge in [-0.2, -0.15) is 0 Å². The monoisotopic (exact) mass is 257 g/mol. The molecular formula is C14H15N3O2. The second-order valence-corrected chi connectivity index (χ2v) is 4.37. The van der Waals surface area contributed by atoms with Crippen LogP contribution in [0.15, 0.2) is 47.1 Å². The summed E-state index contributed by atoms with van der Waals surface area (Å²) < 4.78 is 5.27. The third-order valence-electron chi connectivity index (χ3n) is 3.06. The van der Waals surface area contributed by atoms with Gasteiger partial charge in [0.2, 0.25) is 0 Å². The fourth-order valence-electron chi connectivity index (χ4n) is 2.10. The summed E-state index contributed by atoms with van der Waals surface area (Å²) in [6.07, 6.45) is 1.65. The van der Waals surface area contributed by atoms with Gasteiger partial charge in [0.1, 0.15) is 5.76 Å². The number of urea groups is 1. The molecule has 2 amide bonds. The minimum Gasteiger partial charge on any atom is -0.467 e. The van der Waals surface area contributed by atoms with E-state index in [-0.39, 0.29) is 6.03 Å².